The summed E-state index contributed by atoms with van der Waals surface area (Å²) in [6.45, 7) is 0. The minimum Gasteiger partial charge on any atom is -0.453 e. The SMILES string of the molecule is O=C(c1ccccc1)c1ccc(/C=C/c2nc3ccccc3o2)o1. The van der Waals surface area contributed by atoms with E-state index in [0.29, 0.717) is 23.0 Å². The number of carbonyl (C=O) groups excluding carboxylic acids is 1. The average molecular weight is 315 g/mol. The molecule has 2 aromatic heterocycles. The molecular weight excluding hydrogens is 302 g/mol. The largest absolute Gasteiger partial charge is 0.453 e. The van der Waals surface area contributed by atoms with Crippen LogP contribution < -0.4 is 0 Å². The molecule has 0 spiro atoms. The Morgan fingerprint density at radius 1 is 0.833 bits per heavy atom. The molecule has 4 aromatic rings. The molecule has 0 amide bonds. The molecule has 24 heavy (non-hydrogen) atoms. The molecule has 116 valence electrons. The number of oxazole rings is 1. The van der Waals surface area contributed by atoms with Gasteiger partial charge in [0.2, 0.25) is 11.7 Å². The maximum absolute atomic E-state index is 12.3. The Labute approximate surface area is 138 Å². The van der Waals surface area contributed by atoms with Crippen molar-refractivity contribution in [1.82, 2.24) is 4.98 Å². The average Bonchev–Trinajstić information content (AvgIpc) is 3.26. The third-order valence-electron chi connectivity index (χ3n) is 3.59. The number of nitrogens with zero attached hydrogens (tertiary/aromatic N) is 1. The van der Waals surface area contributed by atoms with E-state index in [2.05, 4.69) is 4.98 Å². The van der Waals surface area contributed by atoms with Gasteiger partial charge in [-0.05, 0) is 30.3 Å². The van der Waals surface area contributed by atoms with E-state index in [1.54, 1.807) is 36.4 Å². The zero-order chi connectivity index (χ0) is 16.4. The van der Waals surface area contributed by atoms with Crippen LogP contribution in [0.25, 0.3) is 23.3 Å². The van der Waals surface area contributed by atoms with E-state index in [0.717, 1.165) is 11.1 Å². The van der Waals surface area contributed by atoms with E-state index < -0.39 is 0 Å². The number of hydrogen-bond acceptors (Lipinski definition) is 4. The Morgan fingerprint density at radius 2 is 1.62 bits per heavy atom. The highest BCUT2D eigenvalue weighted by molar-refractivity contribution is 6.07. The van der Waals surface area contributed by atoms with Gasteiger partial charge in [0.05, 0.1) is 0 Å². The summed E-state index contributed by atoms with van der Waals surface area (Å²) >= 11 is 0. The molecule has 0 bridgehead atoms. The number of hydrogen-bond donors (Lipinski definition) is 0. The van der Waals surface area contributed by atoms with Gasteiger partial charge in [-0.2, -0.15) is 0 Å². The third kappa shape index (κ3) is 2.77. The second-order valence-corrected chi connectivity index (χ2v) is 5.25. The Kier molecular flexibility index (Phi) is 3.56. The number of carbonyl (C=O) groups is 1. The molecule has 0 atom stereocenters. The minimum absolute atomic E-state index is 0.142. The molecule has 4 heteroatoms. The lowest BCUT2D eigenvalue weighted by molar-refractivity contribution is 0.101. The summed E-state index contributed by atoms with van der Waals surface area (Å²) in [6.07, 6.45) is 3.45. The fourth-order valence-electron chi connectivity index (χ4n) is 2.41. The molecule has 0 saturated carbocycles. The van der Waals surface area contributed by atoms with Gasteiger partial charge in [-0.15, -0.1) is 0 Å². The molecule has 0 unspecified atom stereocenters. The summed E-state index contributed by atoms with van der Waals surface area (Å²) < 4.78 is 11.2. The molecule has 0 radical (unpaired) electrons. The van der Waals surface area contributed by atoms with Crippen LogP contribution in [0, 0.1) is 0 Å². The first-order valence-corrected chi connectivity index (χ1v) is 7.53. The maximum Gasteiger partial charge on any atom is 0.228 e. The first kappa shape index (κ1) is 14.2. The molecule has 4 rings (SSSR count). The Balaban J connectivity index is 1.55. The highest BCUT2D eigenvalue weighted by atomic mass is 16.4. The van der Waals surface area contributed by atoms with Crippen LogP contribution in [0.5, 0.6) is 0 Å². The van der Waals surface area contributed by atoms with Crippen molar-refractivity contribution in [1.29, 1.82) is 0 Å². The number of para-hydroxylation sites is 2. The van der Waals surface area contributed by atoms with Crippen LogP contribution in [-0.2, 0) is 0 Å². The van der Waals surface area contributed by atoms with E-state index in [1.807, 2.05) is 42.5 Å². The molecular formula is C20H13NO3. The fraction of sp³-hybridized carbons (Fsp3) is 0. The normalized spacial score (nSPS) is 11.3. The van der Waals surface area contributed by atoms with Gasteiger partial charge in [0.15, 0.2) is 11.3 Å². The van der Waals surface area contributed by atoms with Crippen molar-refractivity contribution in [2.24, 2.45) is 0 Å². The zero-order valence-corrected chi connectivity index (χ0v) is 12.7. The second kappa shape index (κ2) is 6.01. The number of furan rings is 1. The van der Waals surface area contributed by atoms with Crippen molar-refractivity contribution < 1.29 is 13.6 Å². The number of benzene rings is 2. The summed E-state index contributed by atoms with van der Waals surface area (Å²) in [7, 11) is 0. The van der Waals surface area contributed by atoms with Crippen LogP contribution in [0.1, 0.15) is 27.8 Å². The molecule has 0 aliphatic carbocycles. The second-order valence-electron chi connectivity index (χ2n) is 5.25. The fourth-order valence-corrected chi connectivity index (χ4v) is 2.41. The molecule has 2 aromatic carbocycles. The van der Waals surface area contributed by atoms with Gasteiger partial charge >= 0.3 is 0 Å². The van der Waals surface area contributed by atoms with Crippen molar-refractivity contribution >= 4 is 29.0 Å². The van der Waals surface area contributed by atoms with Crippen molar-refractivity contribution in [3.8, 4) is 0 Å². The topological polar surface area (TPSA) is 56.2 Å². The van der Waals surface area contributed by atoms with Gasteiger partial charge in [-0.1, -0.05) is 42.5 Å². The summed E-state index contributed by atoms with van der Waals surface area (Å²) in [5.41, 5.74) is 2.13. The van der Waals surface area contributed by atoms with Crippen LogP contribution >= 0.6 is 0 Å². The summed E-state index contributed by atoms with van der Waals surface area (Å²) in [5.74, 6) is 1.22. The Hall–Kier alpha value is -3.40. The third-order valence-corrected chi connectivity index (χ3v) is 3.59. The van der Waals surface area contributed by atoms with E-state index in [1.165, 1.54) is 0 Å². The zero-order valence-electron chi connectivity index (χ0n) is 12.7. The first-order valence-electron chi connectivity index (χ1n) is 7.53. The highest BCUT2D eigenvalue weighted by Gasteiger charge is 2.12. The lowest BCUT2D eigenvalue weighted by Gasteiger charge is -1.96. The number of ketones is 1. The minimum atomic E-state index is -0.142. The molecule has 0 fully saturated rings. The van der Waals surface area contributed by atoms with Crippen LogP contribution in [-0.4, -0.2) is 10.8 Å². The lowest BCUT2D eigenvalue weighted by atomic mass is 10.1. The van der Waals surface area contributed by atoms with Gasteiger partial charge in [-0.25, -0.2) is 4.98 Å². The summed E-state index contributed by atoms with van der Waals surface area (Å²) in [5, 5.41) is 0. The van der Waals surface area contributed by atoms with Crippen LogP contribution in [0.15, 0.2) is 75.6 Å². The van der Waals surface area contributed by atoms with E-state index in [9.17, 15) is 4.79 Å². The predicted octanol–water partition coefficient (Wildman–Crippen LogP) is 4.82. The van der Waals surface area contributed by atoms with E-state index >= 15 is 0 Å². The standard InChI is InChI=1S/C20H13NO3/c22-20(14-6-2-1-3-7-14)18-12-10-15(23-18)11-13-19-21-16-8-4-5-9-17(16)24-19/h1-13H/b13-11+. The Morgan fingerprint density at radius 3 is 2.46 bits per heavy atom. The molecule has 0 saturated heterocycles. The first-order chi connectivity index (χ1) is 11.8. The summed E-state index contributed by atoms with van der Waals surface area (Å²) in [6, 6.07) is 20.0. The van der Waals surface area contributed by atoms with Crippen molar-refractivity contribution in [2.45, 2.75) is 0 Å². The van der Waals surface area contributed by atoms with Gasteiger partial charge in [0.25, 0.3) is 0 Å². The highest BCUT2D eigenvalue weighted by Crippen LogP contribution is 2.18. The van der Waals surface area contributed by atoms with Crippen LogP contribution in [0.2, 0.25) is 0 Å². The van der Waals surface area contributed by atoms with Crippen molar-refractivity contribution in [3.05, 3.63) is 89.7 Å². The van der Waals surface area contributed by atoms with Gasteiger partial charge in [-0.3, -0.25) is 4.79 Å². The van der Waals surface area contributed by atoms with Gasteiger partial charge in [0.1, 0.15) is 11.3 Å². The smallest absolute Gasteiger partial charge is 0.228 e. The molecule has 0 N–H and O–H groups in total. The van der Waals surface area contributed by atoms with E-state index in [4.69, 9.17) is 8.83 Å². The van der Waals surface area contributed by atoms with E-state index in [-0.39, 0.29) is 5.78 Å². The molecule has 2 heterocycles. The Bertz CT molecular complexity index is 992. The number of fused-ring (bicyclic) bond motifs is 1. The van der Waals surface area contributed by atoms with Crippen LogP contribution in [0.4, 0.5) is 0 Å². The number of rotatable bonds is 4. The van der Waals surface area contributed by atoms with Gasteiger partial charge < -0.3 is 8.83 Å². The summed E-state index contributed by atoms with van der Waals surface area (Å²) in [4.78, 5) is 16.7. The van der Waals surface area contributed by atoms with Crippen molar-refractivity contribution in [2.75, 3.05) is 0 Å². The quantitative estimate of drug-likeness (QED) is 0.506. The molecule has 4 nitrogen and oxygen atoms in total. The lowest BCUT2D eigenvalue weighted by Crippen LogP contribution is -1.98. The monoisotopic (exact) mass is 315 g/mol. The van der Waals surface area contributed by atoms with Crippen molar-refractivity contribution in [3.63, 3.8) is 0 Å². The van der Waals surface area contributed by atoms with Crippen LogP contribution in [0.3, 0.4) is 0 Å². The maximum atomic E-state index is 12.3. The number of aromatic nitrogens is 1. The molecule has 0 aliphatic rings. The van der Waals surface area contributed by atoms with Gasteiger partial charge in [0, 0.05) is 11.6 Å². The predicted molar refractivity (Wildman–Crippen MR) is 91.5 cm³/mol. The molecule has 0 aliphatic heterocycles.